The quantitative estimate of drug-likeness (QED) is 0.501. The maximum Gasteiger partial charge on any atom is 0.398 e. The molecule has 2 atom stereocenters. The van der Waals surface area contributed by atoms with Gasteiger partial charge in [-0.1, -0.05) is 0 Å². The van der Waals surface area contributed by atoms with Crippen LogP contribution in [0.3, 0.4) is 0 Å². The SMILES string of the molecule is O=[N+]([O-])C1CNCCC1C(F)(F)F. The minimum atomic E-state index is -4.46. The van der Waals surface area contributed by atoms with E-state index in [4.69, 9.17) is 0 Å². The standard InChI is InChI=1S/C6H9F3N2O2/c7-6(8,9)4-1-2-10-3-5(4)11(12)13/h4-5,10H,1-3H2. The van der Waals surface area contributed by atoms with E-state index in [1.807, 2.05) is 0 Å². The maximum absolute atomic E-state index is 12.2. The van der Waals surface area contributed by atoms with Gasteiger partial charge in [0, 0.05) is 4.92 Å². The van der Waals surface area contributed by atoms with Crippen LogP contribution in [0.25, 0.3) is 0 Å². The second kappa shape index (κ2) is 3.49. The normalized spacial score (nSPS) is 30.1. The largest absolute Gasteiger partial charge is 0.398 e. The highest BCUT2D eigenvalue weighted by Crippen LogP contribution is 2.33. The number of halogens is 3. The summed E-state index contributed by atoms with van der Waals surface area (Å²) in [4.78, 5) is 9.42. The Morgan fingerprint density at radius 1 is 1.46 bits per heavy atom. The second-order valence-corrected chi connectivity index (χ2v) is 2.99. The second-order valence-electron chi connectivity index (χ2n) is 2.99. The van der Waals surface area contributed by atoms with Crippen LogP contribution in [0.1, 0.15) is 6.42 Å². The third-order valence-corrected chi connectivity index (χ3v) is 2.14. The zero-order valence-corrected chi connectivity index (χ0v) is 6.67. The number of rotatable bonds is 1. The Bertz CT molecular complexity index is 207. The molecule has 0 bridgehead atoms. The van der Waals surface area contributed by atoms with E-state index in [9.17, 15) is 23.3 Å². The Balaban J connectivity index is 2.73. The summed E-state index contributed by atoms with van der Waals surface area (Å²) in [5.74, 6) is -1.80. The van der Waals surface area contributed by atoms with Gasteiger partial charge in [0.15, 0.2) is 0 Å². The van der Waals surface area contributed by atoms with Crippen LogP contribution in [0.5, 0.6) is 0 Å². The molecule has 0 aromatic carbocycles. The van der Waals surface area contributed by atoms with Crippen LogP contribution in [0, 0.1) is 16.0 Å². The summed E-state index contributed by atoms with van der Waals surface area (Å²) in [6.07, 6.45) is -4.67. The summed E-state index contributed by atoms with van der Waals surface area (Å²) in [5.41, 5.74) is 0. The molecule has 76 valence electrons. The highest BCUT2D eigenvalue weighted by atomic mass is 19.4. The van der Waals surface area contributed by atoms with Crippen molar-refractivity contribution in [2.45, 2.75) is 18.6 Å². The molecule has 0 saturated carbocycles. The number of piperidine rings is 1. The van der Waals surface area contributed by atoms with E-state index in [1.54, 1.807) is 0 Å². The third-order valence-electron chi connectivity index (χ3n) is 2.14. The summed E-state index contributed by atoms with van der Waals surface area (Å²) >= 11 is 0. The van der Waals surface area contributed by atoms with Gasteiger partial charge in [-0.05, 0) is 13.0 Å². The predicted octanol–water partition coefficient (Wildman–Crippen LogP) is 0.803. The molecule has 0 aromatic heterocycles. The van der Waals surface area contributed by atoms with Crippen molar-refractivity contribution in [3.8, 4) is 0 Å². The van der Waals surface area contributed by atoms with E-state index < -0.39 is 23.1 Å². The van der Waals surface area contributed by atoms with E-state index in [2.05, 4.69) is 5.32 Å². The van der Waals surface area contributed by atoms with E-state index in [0.717, 1.165) is 0 Å². The molecule has 1 saturated heterocycles. The van der Waals surface area contributed by atoms with Gasteiger partial charge in [-0.15, -0.1) is 0 Å². The Hall–Kier alpha value is -0.850. The fraction of sp³-hybridized carbons (Fsp3) is 1.00. The van der Waals surface area contributed by atoms with Crippen molar-refractivity contribution in [1.82, 2.24) is 5.32 Å². The van der Waals surface area contributed by atoms with Crippen molar-refractivity contribution in [3.63, 3.8) is 0 Å². The molecule has 7 heteroatoms. The number of nitrogens with one attached hydrogen (secondary N) is 1. The van der Waals surface area contributed by atoms with Gasteiger partial charge < -0.3 is 5.32 Å². The van der Waals surface area contributed by atoms with Gasteiger partial charge >= 0.3 is 6.18 Å². The first-order valence-electron chi connectivity index (χ1n) is 3.84. The molecule has 1 N–H and O–H groups in total. The number of nitro groups is 1. The van der Waals surface area contributed by atoms with E-state index in [1.165, 1.54) is 0 Å². The molecule has 2 unspecified atom stereocenters. The summed E-state index contributed by atoms with van der Waals surface area (Å²) < 4.78 is 36.7. The number of nitrogens with zero attached hydrogens (tertiary/aromatic N) is 1. The minimum absolute atomic E-state index is 0.189. The summed E-state index contributed by atoms with van der Waals surface area (Å²) in [7, 11) is 0. The van der Waals surface area contributed by atoms with Crippen LogP contribution in [0.4, 0.5) is 13.2 Å². The average molecular weight is 198 g/mol. The smallest absolute Gasteiger partial charge is 0.310 e. The monoisotopic (exact) mass is 198 g/mol. The van der Waals surface area contributed by atoms with Crippen LogP contribution >= 0.6 is 0 Å². The van der Waals surface area contributed by atoms with Gasteiger partial charge in [0.1, 0.15) is 5.92 Å². The third kappa shape index (κ3) is 2.30. The molecular weight excluding hydrogens is 189 g/mol. The summed E-state index contributed by atoms with van der Waals surface area (Å²) in [5, 5.41) is 12.9. The Kier molecular flexibility index (Phi) is 2.74. The van der Waals surface area contributed by atoms with Crippen molar-refractivity contribution in [2.75, 3.05) is 13.1 Å². The van der Waals surface area contributed by atoms with E-state index >= 15 is 0 Å². The highest BCUT2D eigenvalue weighted by molar-refractivity contribution is 4.82. The molecule has 13 heavy (non-hydrogen) atoms. The molecule has 0 aliphatic carbocycles. The zero-order chi connectivity index (χ0) is 10.1. The molecule has 1 heterocycles. The van der Waals surface area contributed by atoms with Crippen molar-refractivity contribution in [2.24, 2.45) is 5.92 Å². The van der Waals surface area contributed by atoms with Crippen LogP contribution in [0.2, 0.25) is 0 Å². The predicted molar refractivity (Wildman–Crippen MR) is 37.8 cm³/mol. The highest BCUT2D eigenvalue weighted by Gasteiger charge is 2.51. The fourth-order valence-electron chi connectivity index (χ4n) is 1.45. The van der Waals surface area contributed by atoms with Crippen LogP contribution in [-0.4, -0.2) is 30.2 Å². The molecule has 0 aromatic rings. The van der Waals surface area contributed by atoms with E-state index in [0.29, 0.717) is 0 Å². The van der Waals surface area contributed by atoms with Gasteiger partial charge in [-0.25, -0.2) is 0 Å². The zero-order valence-electron chi connectivity index (χ0n) is 6.67. The Labute approximate surface area is 72.3 Å². The average Bonchev–Trinajstić information content (AvgIpc) is 2.03. The molecule has 1 rings (SSSR count). The molecular formula is C6H9F3N2O2. The Morgan fingerprint density at radius 3 is 2.46 bits per heavy atom. The molecule has 0 amide bonds. The minimum Gasteiger partial charge on any atom is -0.310 e. The van der Waals surface area contributed by atoms with Crippen LogP contribution in [0.15, 0.2) is 0 Å². The molecule has 1 aliphatic heterocycles. The van der Waals surface area contributed by atoms with Gasteiger partial charge in [-0.2, -0.15) is 13.2 Å². The van der Waals surface area contributed by atoms with Gasteiger partial charge in [0.05, 0.1) is 6.54 Å². The van der Waals surface area contributed by atoms with Gasteiger partial charge in [0.2, 0.25) is 6.04 Å². The lowest BCUT2D eigenvalue weighted by molar-refractivity contribution is -0.541. The molecule has 1 aliphatic rings. The maximum atomic E-state index is 12.2. The first-order chi connectivity index (χ1) is 5.93. The first kappa shape index (κ1) is 10.2. The van der Waals surface area contributed by atoms with Crippen molar-refractivity contribution in [1.29, 1.82) is 0 Å². The van der Waals surface area contributed by atoms with Crippen molar-refractivity contribution >= 4 is 0 Å². The van der Waals surface area contributed by atoms with Gasteiger partial charge in [0.25, 0.3) is 0 Å². The van der Waals surface area contributed by atoms with Crippen LogP contribution < -0.4 is 5.32 Å². The summed E-state index contributed by atoms with van der Waals surface area (Å²) in [6.45, 7) is -0.00824. The molecule has 1 fully saturated rings. The van der Waals surface area contributed by atoms with Crippen LogP contribution in [-0.2, 0) is 0 Å². The first-order valence-corrected chi connectivity index (χ1v) is 3.84. The van der Waals surface area contributed by atoms with Crippen molar-refractivity contribution in [3.05, 3.63) is 10.1 Å². The molecule has 4 nitrogen and oxygen atoms in total. The van der Waals surface area contributed by atoms with E-state index in [-0.39, 0.29) is 19.5 Å². The molecule has 0 spiro atoms. The Morgan fingerprint density at radius 2 is 2.08 bits per heavy atom. The number of alkyl halides is 3. The van der Waals surface area contributed by atoms with Crippen molar-refractivity contribution < 1.29 is 18.1 Å². The number of hydrogen-bond donors (Lipinski definition) is 1. The fourth-order valence-corrected chi connectivity index (χ4v) is 1.45. The lowest BCUT2D eigenvalue weighted by atomic mass is 9.93. The lowest BCUT2D eigenvalue weighted by Gasteiger charge is -2.27. The number of hydrogen-bond acceptors (Lipinski definition) is 3. The topological polar surface area (TPSA) is 55.2 Å². The molecule has 0 radical (unpaired) electrons. The van der Waals surface area contributed by atoms with Gasteiger partial charge in [-0.3, -0.25) is 10.1 Å². The lowest BCUT2D eigenvalue weighted by Crippen LogP contribution is -2.50. The summed E-state index contributed by atoms with van der Waals surface area (Å²) in [6, 6.07) is -1.53.